The Kier molecular flexibility index (Phi) is 11.4. The first-order valence-electron chi connectivity index (χ1n) is 17.2. The van der Waals surface area contributed by atoms with Crippen LogP contribution in [-0.2, 0) is 22.3 Å². The van der Waals surface area contributed by atoms with Gasteiger partial charge in [-0.05, 0) is 86.0 Å². The summed E-state index contributed by atoms with van der Waals surface area (Å²) < 4.78 is 52.8. The number of halogens is 3. The normalized spacial score (nSPS) is 20.6. The van der Waals surface area contributed by atoms with E-state index in [2.05, 4.69) is 30.0 Å². The Hall–Kier alpha value is -3.54. The second-order valence-corrected chi connectivity index (χ2v) is 20.3. The van der Waals surface area contributed by atoms with Crippen LogP contribution in [0, 0.1) is 23.7 Å². The summed E-state index contributed by atoms with van der Waals surface area (Å²) in [6, 6.07) is 10.5. The molecule has 260 valence electrons. The van der Waals surface area contributed by atoms with Crippen molar-refractivity contribution < 1.29 is 32.2 Å². The molecule has 0 spiro atoms. The van der Waals surface area contributed by atoms with Gasteiger partial charge in [-0.1, -0.05) is 57.0 Å². The standard InChI is InChI=1S/C36H46F3N3O5Si/c1-48(2,3)21-20-47-35(45)32-26(23-42-34(44)30-22-27(36(37,38)39)14-18-31(30)40-41-42)13-17-29(32)33(43)25-11-15-28(16-12-25)46-19-7-10-24-8-5-4-6-9-24/h11-12,14-16,18,22,24,26,29,32H,4-10,13,17,19-21,23H2,1-3H3. The number of hydrogen-bond acceptors (Lipinski definition) is 7. The Morgan fingerprint density at radius 1 is 0.958 bits per heavy atom. The second kappa shape index (κ2) is 15.3. The van der Waals surface area contributed by atoms with Crippen LogP contribution in [-0.4, -0.2) is 48.0 Å². The first-order valence-corrected chi connectivity index (χ1v) is 20.9. The summed E-state index contributed by atoms with van der Waals surface area (Å²) in [5, 5.41) is 7.73. The van der Waals surface area contributed by atoms with Crippen molar-refractivity contribution in [1.82, 2.24) is 15.0 Å². The number of carbonyl (C=O) groups is 2. The number of aromatic nitrogens is 3. The van der Waals surface area contributed by atoms with Gasteiger partial charge in [0.05, 0.1) is 36.6 Å². The van der Waals surface area contributed by atoms with Crippen LogP contribution in [0.3, 0.4) is 0 Å². The predicted molar refractivity (Wildman–Crippen MR) is 180 cm³/mol. The monoisotopic (exact) mass is 685 g/mol. The summed E-state index contributed by atoms with van der Waals surface area (Å²) in [4.78, 5) is 40.8. The van der Waals surface area contributed by atoms with Gasteiger partial charge in [-0.15, -0.1) is 5.10 Å². The maximum Gasteiger partial charge on any atom is 0.416 e. The van der Waals surface area contributed by atoms with E-state index in [0.29, 0.717) is 30.8 Å². The molecule has 2 saturated carbocycles. The lowest BCUT2D eigenvalue weighted by Gasteiger charge is -2.24. The molecule has 0 bridgehead atoms. The summed E-state index contributed by atoms with van der Waals surface area (Å²) in [5.41, 5.74) is -1.20. The number of alkyl halides is 3. The summed E-state index contributed by atoms with van der Waals surface area (Å²) >= 11 is 0. The zero-order chi connectivity index (χ0) is 34.5. The number of ether oxygens (including phenoxy) is 2. The third kappa shape index (κ3) is 9.12. The van der Waals surface area contributed by atoms with Crippen molar-refractivity contribution in [3.05, 3.63) is 63.9 Å². The van der Waals surface area contributed by atoms with Crippen molar-refractivity contribution in [2.24, 2.45) is 23.7 Å². The van der Waals surface area contributed by atoms with E-state index >= 15 is 0 Å². The van der Waals surface area contributed by atoms with Crippen LogP contribution in [0.15, 0.2) is 47.3 Å². The Bertz CT molecular complexity index is 1630. The fraction of sp³-hybridized carbons (Fsp3) is 0.583. The van der Waals surface area contributed by atoms with Crippen molar-refractivity contribution >= 4 is 30.7 Å². The first kappa shape index (κ1) is 35.8. The minimum absolute atomic E-state index is 0.0441. The van der Waals surface area contributed by atoms with Gasteiger partial charge in [0.25, 0.3) is 5.56 Å². The third-order valence-electron chi connectivity index (χ3n) is 9.84. The number of ketones is 1. The number of benzene rings is 2. The quantitative estimate of drug-likeness (QED) is 0.0779. The van der Waals surface area contributed by atoms with Crippen LogP contribution in [0.1, 0.15) is 73.7 Å². The number of carbonyl (C=O) groups excluding carboxylic acids is 2. The molecule has 3 atom stereocenters. The molecular weight excluding hydrogens is 639 g/mol. The lowest BCUT2D eigenvalue weighted by atomic mass is 9.84. The highest BCUT2D eigenvalue weighted by atomic mass is 28.3. The lowest BCUT2D eigenvalue weighted by molar-refractivity contribution is -0.150. The van der Waals surface area contributed by atoms with E-state index < -0.39 is 49.1 Å². The zero-order valence-corrected chi connectivity index (χ0v) is 29.1. The number of rotatable bonds is 13. The molecule has 5 rings (SSSR count). The Balaban J connectivity index is 1.30. The van der Waals surface area contributed by atoms with Crippen LogP contribution >= 0.6 is 0 Å². The fourth-order valence-corrected chi connectivity index (χ4v) is 7.77. The molecule has 48 heavy (non-hydrogen) atoms. The molecule has 2 aromatic carbocycles. The van der Waals surface area contributed by atoms with E-state index in [1.54, 1.807) is 24.3 Å². The van der Waals surface area contributed by atoms with Gasteiger partial charge in [0.1, 0.15) is 11.3 Å². The molecule has 0 aliphatic heterocycles. The van der Waals surface area contributed by atoms with Gasteiger partial charge in [-0.2, -0.15) is 13.2 Å². The SMILES string of the molecule is C[Si](C)(C)CCOC(=O)C1C(Cn2nnc3ccc(C(F)(F)F)cc3c2=O)CCC1C(=O)c1ccc(OCCCC2CCCCC2)cc1. The largest absolute Gasteiger partial charge is 0.494 e. The van der Waals surface area contributed by atoms with Gasteiger partial charge in [-0.25, -0.2) is 4.68 Å². The Morgan fingerprint density at radius 3 is 2.38 bits per heavy atom. The highest BCUT2D eigenvalue weighted by Crippen LogP contribution is 2.41. The molecule has 0 amide bonds. The molecule has 0 saturated heterocycles. The highest BCUT2D eigenvalue weighted by Gasteiger charge is 2.46. The molecular formula is C36H46F3N3O5Si. The number of Topliss-reactive ketones (excluding diaryl/α,β-unsaturated/α-hetero) is 1. The van der Waals surface area contributed by atoms with Crippen LogP contribution in [0.5, 0.6) is 5.75 Å². The van der Waals surface area contributed by atoms with Crippen LogP contribution < -0.4 is 10.3 Å². The minimum Gasteiger partial charge on any atom is -0.494 e. The third-order valence-corrected chi connectivity index (χ3v) is 11.5. The number of esters is 1. The van der Waals surface area contributed by atoms with Gasteiger partial charge in [0, 0.05) is 19.6 Å². The molecule has 8 nitrogen and oxygen atoms in total. The van der Waals surface area contributed by atoms with Gasteiger partial charge in [-0.3, -0.25) is 14.4 Å². The number of hydrogen-bond donors (Lipinski definition) is 0. The molecule has 2 aliphatic rings. The summed E-state index contributed by atoms with van der Waals surface area (Å²) in [6.45, 7) is 7.29. The summed E-state index contributed by atoms with van der Waals surface area (Å²) in [6.07, 6.45) is 4.95. The molecule has 2 fully saturated rings. The molecule has 3 unspecified atom stereocenters. The topological polar surface area (TPSA) is 100 Å². The molecule has 1 heterocycles. The Morgan fingerprint density at radius 2 is 1.69 bits per heavy atom. The highest BCUT2D eigenvalue weighted by molar-refractivity contribution is 6.76. The van der Waals surface area contributed by atoms with Gasteiger partial charge in [0.15, 0.2) is 5.78 Å². The average Bonchev–Trinajstić information content (AvgIpc) is 3.47. The first-order chi connectivity index (χ1) is 22.8. The summed E-state index contributed by atoms with van der Waals surface area (Å²) in [7, 11) is -1.51. The van der Waals surface area contributed by atoms with E-state index in [1.165, 1.54) is 38.5 Å². The van der Waals surface area contributed by atoms with Crippen LogP contribution in [0.2, 0.25) is 25.7 Å². The molecule has 12 heteroatoms. The molecule has 1 aromatic heterocycles. The van der Waals surface area contributed by atoms with Crippen LogP contribution in [0.25, 0.3) is 10.9 Å². The van der Waals surface area contributed by atoms with Crippen molar-refractivity contribution in [3.8, 4) is 5.75 Å². The van der Waals surface area contributed by atoms with E-state index in [-0.39, 0.29) is 29.8 Å². The van der Waals surface area contributed by atoms with Crippen molar-refractivity contribution in [2.45, 2.75) is 96.2 Å². The van der Waals surface area contributed by atoms with Crippen molar-refractivity contribution in [1.29, 1.82) is 0 Å². The van der Waals surface area contributed by atoms with E-state index in [4.69, 9.17) is 9.47 Å². The number of fused-ring (bicyclic) bond motifs is 1. The maximum absolute atomic E-state index is 13.9. The van der Waals surface area contributed by atoms with Crippen LogP contribution in [0.4, 0.5) is 13.2 Å². The fourth-order valence-electron chi connectivity index (χ4n) is 7.05. The van der Waals surface area contributed by atoms with E-state index in [9.17, 15) is 27.6 Å². The lowest BCUT2D eigenvalue weighted by Crippen LogP contribution is -2.36. The average molecular weight is 686 g/mol. The van der Waals surface area contributed by atoms with Crippen molar-refractivity contribution in [2.75, 3.05) is 13.2 Å². The number of nitrogens with zero attached hydrogens (tertiary/aromatic N) is 3. The predicted octanol–water partition coefficient (Wildman–Crippen LogP) is 7.96. The molecule has 0 radical (unpaired) electrons. The Labute approximate surface area is 280 Å². The zero-order valence-electron chi connectivity index (χ0n) is 28.1. The van der Waals surface area contributed by atoms with Gasteiger partial charge < -0.3 is 9.47 Å². The van der Waals surface area contributed by atoms with Gasteiger partial charge >= 0.3 is 12.1 Å². The van der Waals surface area contributed by atoms with E-state index in [0.717, 1.165) is 41.3 Å². The smallest absolute Gasteiger partial charge is 0.416 e. The molecule has 0 N–H and O–H groups in total. The minimum atomic E-state index is -4.63. The second-order valence-electron chi connectivity index (χ2n) is 14.6. The van der Waals surface area contributed by atoms with Gasteiger partial charge in [0.2, 0.25) is 0 Å². The van der Waals surface area contributed by atoms with E-state index in [1.807, 2.05) is 0 Å². The molecule has 2 aliphatic carbocycles. The summed E-state index contributed by atoms with van der Waals surface area (Å²) in [5.74, 6) is -1.25. The van der Waals surface area contributed by atoms with Crippen molar-refractivity contribution in [3.63, 3.8) is 0 Å². The maximum atomic E-state index is 13.9. The molecule has 3 aromatic rings.